The maximum absolute atomic E-state index is 5.42. The second kappa shape index (κ2) is 7.80. The predicted octanol–water partition coefficient (Wildman–Crippen LogP) is 2.26. The number of nitrogens with one attached hydrogen (secondary N) is 1. The fourth-order valence-electron chi connectivity index (χ4n) is 3.28. The first-order chi connectivity index (χ1) is 12.8. The van der Waals surface area contributed by atoms with Gasteiger partial charge in [-0.25, -0.2) is 0 Å². The van der Waals surface area contributed by atoms with Gasteiger partial charge in [-0.1, -0.05) is 30.3 Å². The van der Waals surface area contributed by atoms with E-state index in [0.29, 0.717) is 6.61 Å². The van der Waals surface area contributed by atoms with E-state index in [2.05, 4.69) is 55.1 Å². The van der Waals surface area contributed by atoms with Crippen LogP contribution in [0, 0.1) is 0 Å². The van der Waals surface area contributed by atoms with Gasteiger partial charge in [0, 0.05) is 17.8 Å². The van der Waals surface area contributed by atoms with E-state index in [1.807, 2.05) is 18.2 Å². The van der Waals surface area contributed by atoms with Crippen molar-refractivity contribution in [3.8, 4) is 11.3 Å². The number of aromatic amines is 1. The summed E-state index contributed by atoms with van der Waals surface area (Å²) in [6.07, 6.45) is 2.05. The highest BCUT2D eigenvalue weighted by molar-refractivity contribution is 5.58. The van der Waals surface area contributed by atoms with Crippen LogP contribution in [0.4, 0.5) is 0 Å². The number of nitrogens with zero attached hydrogens (tertiary/aromatic N) is 5. The molecule has 0 radical (unpaired) electrons. The lowest BCUT2D eigenvalue weighted by molar-refractivity contribution is 0.0798. The Balaban J connectivity index is 1.27. The molecule has 0 atom stereocenters. The summed E-state index contributed by atoms with van der Waals surface area (Å²) < 4.78 is 7.60. The zero-order valence-corrected chi connectivity index (χ0v) is 15.1. The smallest absolute Gasteiger partial charge is 0.159 e. The third kappa shape index (κ3) is 3.84. The van der Waals surface area contributed by atoms with Crippen molar-refractivity contribution in [1.82, 2.24) is 29.9 Å². The average Bonchev–Trinajstić information content (AvgIpc) is 3.30. The minimum absolute atomic E-state index is 0.570. The molecule has 0 aliphatic carbocycles. The number of fused-ring (bicyclic) bond motifs is 1. The molecule has 3 heterocycles. The Labute approximate surface area is 153 Å². The molecule has 136 valence electrons. The van der Waals surface area contributed by atoms with Crippen LogP contribution in [0.15, 0.2) is 36.4 Å². The minimum atomic E-state index is 0.570. The van der Waals surface area contributed by atoms with Crippen LogP contribution in [0.2, 0.25) is 0 Å². The van der Waals surface area contributed by atoms with Crippen molar-refractivity contribution in [1.29, 1.82) is 0 Å². The van der Waals surface area contributed by atoms with Crippen molar-refractivity contribution in [2.24, 2.45) is 0 Å². The Kier molecular flexibility index (Phi) is 5.08. The van der Waals surface area contributed by atoms with Crippen molar-refractivity contribution >= 4 is 0 Å². The molecule has 26 heavy (non-hydrogen) atoms. The number of aryl methyl sites for hydroxylation is 1. The van der Waals surface area contributed by atoms with Crippen LogP contribution in [0.1, 0.15) is 23.8 Å². The number of benzene rings is 1. The molecule has 0 unspecified atom stereocenters. The van der Waals surface area contributed by atoms with Gasteiger partial charge in [0.2, 0.25) is 0 Å². The van der Waals surface area contributed by atoms with Gasteiger partial charge >= 0.3 is 0 Å². The Hall–Kier alpha value is -2.51. The average molecular weight is 352 g/mol. The predicted molar refractivity (Wildman–Crippen MR) is 98.4 cm³/mol. The molecule has 4 rings (SSSR count). The zero-order chi connectivity index (χ0) is 17.8. The summed E-state index contributed by atoms with van der Waals surface area (Å²) in [5, 5.41) is 16.1. The molecule has 0 bridgehead atoms. The number of hydrogen-bond donors (Lipinski definition) is 1. The van der Waals surface area contributed by atoms with Crippen molar-refractivity contribution in [3.05, 3.63) is 53.7 Å². The molecule has 1 aromatic carbocycles. The van der Waals surface area contributed by atoms with E-state index in [-0.39, 0.29) is 0 Å². The molecule has 7 nitrogen and oxygen atoms in total. The Morgan fingerprint density at radius 2 is 2.12 bits per heavy atom. The van der Waals surface area contributed by atoms with Crippen molar-refractivity contribution in [3.63, 3.8) is 0 Å². The minimum Gasteiger partial charge on any atom is -0.372 e. The van der Waals surface area contributed by atoms with Crippen LogP contribution in [0.25, 0.3) is 11.3 Å². The fraction of sp³-hybridized carbons (Fsp3) is 0.421. The van der Waals surface area contributed by atoms with Gasteiger partial charge in [-0.3, -0.25) is 10.00 Å². The van der Waals surface area contributed by atoms with E-state index >= 15 is 0 Å². The summed E-state index contributed by atoms with van der Waals surface area (Å²) in [7, 11) is 2.13. The first kappa shape index (κ1) is 16.9. The second-order valence-electron chi connectivity index (χ2n) is 6.72. The maximum atomic E-state index is 5.42. The Morgan fingerprint density at radius 3 is 3.00 bits per heavy atom. The van der Waals surface area contributed by atoms with E-state index in [4.69, 9.17) is 4.74 Å². The van der Waals surface area contributed by atoms with Gasteiger partial charge in [0.25, 0.3) is 0 Å². The van der Waals surface area contributed by atoms with Gasteiger partial charge in [0.15, 0.2) is 5.82 Å². The lowest BCUT2D eigenvalue weighted by Gasteiger charge is -2.19. The molecule has 0 amide bonds. The number of ether oxygens (including phenoxy) is 1. The van der Waals surface area contributed by atoms with Gasteiger partial charge in [-0.05, 0) is 32.5 Å². The largest absolute Gasteiger partial charge is 0.372 e. The summed E-state index contributed by atoms with van der Waals surface area (Å²) in [6.45, 7) is 3.97. The monoisotopic (exact) mass is 352 g/mol. The summed E-state index contributed by atoms with van der Waals surface area (Å²) in [4.78, 5) is 2.29. The number of hydrogen-bond acceptors (Lipinski definition) is 5. The molecule has 2 aromatic heterocycles. The summed E-state index contributed by atoms with van der Waals surface area (Å²) in [5.41, 5.74) is 3.33. The molecule has 0 fully saturated rings. The number of aromatic nitrogens is 5. The molecule has 1 aliphatic rings. The van der Waals surface area contributed by atoms with E-state index < -0.39 is 0 Å². The van der Waals surface area contributed by atoms with Gasteiger partial charge in [0.05, 0.1) is 18.8 Å². The topological polar surface area (TPSA) is 71.9 Å². The van der Waals surface area contributed by atoms with Crippen LogP contribution < -0.4 is 0 Å². The normalized spacial score (nSPS) is 13.9. The van der Waals surface area contributed by atoms with E-state index in [0.717, 1.165) is 62.0 Å². The van der Waals surface area contributed by atoms with Crippen LogP contribution in [-0.4, -0.2) is 50.1 Å². The van der Waals surface area contributed by atoms with Gasteiger partial charge in [0.1, 0.15) is 12.4 Å². The highest BCUT2D eigenvalue weighted by atomic mass is 16.5. The molecule has 3 aromatic rings. The third-order valence-corrected chi connectivity index (χ3v) is 4.69. The third-order valence-electron chi connectivity index (χ3n) is 4.69. The maximum Gasteiger partial charge on any atom is 0.159 e. The Bertz CT molecular complexity index is 841. The van der Waals surface area contributed by atoms with Gasteiger partial charge in [-0.2, -0.15) is 5.10 Å². The van der Waals surface area contributed by atoms with Crippen molar-refractivity contribution in [2.75, 3.05) is 20.2 Å². The van der Waals surface area contributed by atoms with E-state index in [9.17, 15) is 0 Å². The zero-order valence-electron chi connectivity index (χ0n) is 15.1. The van der Waals surface area contributed by atoms with Gasteiger partial charge < -0.3 is 9.30 Å². The molecular formula is C19H24N6O. The lowest BCUT2D eigenvalue weighted by Crippen LogP contribution is -2.25. The molecule has 0 spiro atoms. The quantitative estimate of drug-likeness (QED) is 0.706. The molecule has 7 heteroatoms. The fourth-order valence-corrected chi connectivity index (χ4v) is 3.28. The van der Waals surface area contributed by atoms with Crippen LogP contribution in [0.5, 0.6) is 0 Å². The summed E-state index contributed by atoms with van der Waals surface area (Å²) >= 11 is 0. The number of H-pyrrole nitrogens is 1. The Morgan fingerprint density at radius 1 is 1.23 bits per heavy atom. The first-order valence-corrected chi connectivity index (χ1v) is 9.06. The molecule has 0 saturated heterocycles. The van der Waals surface area contributed by atoms with Gasteiger partial charge in [-0.15, -0.1) is 10.2 Å². The van der Waals surface area contributed by atoms with Crippen LogP contribution >= 0.6 is 0 Å². The second-order valence-corrected chi connectivity index (χ2v) is 6.72. The molecular weight excluding hydrogens is 328 g/mol. The standard InChI is InChI=1S/C19H24N6O/c1-24(13-18-22-23-19-14-26-11-10-25(18)19)9-5-8-16-12-17(21-20-16)15-6-3-2-4-7-15/h2-4,6-7,12H,5,8-11,13-14H2,1H3,(H,20,21). The van der Waals surface area contributed by atoms with Crippen LogP contribution in [0.3, 0.4) is 0 Å². The van der Waals surface area contributed by atoms with Crippen molar-refractivity contribution in [2.45, 2.75) is 32.5 Å². The first-order valence-electron chi connectivity index (χ1n) is 9.06. The number of rotatable bonds is 7. The SMILES string of the molecule is CN(CCCc1cc(-c2ccccc2)n[nH]1)Cc1nnc2n1CCOC2. The molecule has 1 N–H and O–H groups in total. The van der Waals surface area contributed by atoms with E-state index in [1.165, 1.54) is 5.69 Å². The molecule has 0 saturated carbocycles. The van der Waals surface area contributed by atoms with Crippen molar-refractivity contribution < 1.29 is 4.74 Å². The highest BCUT2D eigenvalue weighted by Crippen LogP contribution is 2.17. The highest BCUT2D eigenvalue weighted by Gasteiger charge is 2.17. The van der Waals surface area contributed by atoms with Crippen LogP contribution in [-0.2, 0) is 30.9 Å². The summed E-state index contributed by atoms with van der Waals surface area (Å²) in [5.74, 6) is 1.96. The summed E-state index contributed by atoms with van der Waals surface area (Å²) in [6, 6.07) is 12.4. The lowest BCUT2D eigenvalue weighted by atomic mass is 10.1. The molecule has 1 aliphatic heterocycles. The van der Waals surface area contributed by atoms with E-state index in [1.54, 1.807) is 0 Å².